The number of unbranched alkanes of at least 4 members (excludes halogenated alkanes) is 5. The second kappa shape index (κ2) is 11.4. The molecule has 1 atom stereocenters. The van der Waals surface area contributed by atoms with Gasteiger partial charge in [-0.1, -0.05) is 62.4 Å². The van der Waals surface area contributed by atoms with Gasteiger partial charge in [0.2, 0.25) is 5.89 Å². The molecule has 2 aromatic rings. The van der Waals surface area contributed by atoms with Gasteiger partial charge >= 0.3 is 0 Å². The molecule has 0 radical (unpaired) electrons. The number of hydrogen-bond donors (Lipinski definition) is 1. The number of hydrogen-bond acceptors (Lipinski definition) is 5. The van der Waals surface area contributed by atoms with Gasteiger partial charge in [-0.15, -0.1) is 0 Å². The Bertz CT molecular complexity index is 755. The van der Waals surface area contributed by atoms with Crippen molar-refractivity contribution in [2.24, 2.45) is 5.92 Å². The molecule has 1 aromatic heterocycles. The molecular formula is C25H36N2O3. The van der Waals surface area contributed by atoms with Crippen LogP contribution in [0.2, 0.25) is 0 Å². The molecule has 0 bridgehead atoms. The predicted molar refractivity (Wildman–Crippen MR) is 118 cm³/mol. The maximum absolute atomic E-state index is 11.8. The Morgan fingerprint density at radius 3 is 2.57 bits per heavy atom. The van der Waals surface area contributed by atoms with Crippen LogP contribution in [0.1, 0.15) is 81.4 Å². The first-order valence-electron chi connectivity index (χ1n) is 11.5. The smallest absolute Gasteiger partial charge is 0.231 e. The maximum Gasteiger partial charge on any atom is 0.231 e. The molecule has 3 rings (SSSR count). The van der Waals surface area contributed by atoms with Crippen LogP contribution >= 0.6 is 0 Å². The summed E-state index contributed by atoms with van der Waals surface area (Å²) >= 11 is 0. The summed E-state index contributed by atoms with van der Waals surface area (Å²) in [5, 5.41) is 11.8. The highest BCUT2D eigenvalue weighted by Crippen LogP contribution is 2.44. The van der Waals surface area contributed by atoms with E-state index >= 15 is 0 Å². The van der Waals surface area contributed by atoms with E-state index in [0.717, 1.165) is 69.1 Å². The van der Waals surface area contributed by atoms with Crippen molar-refractivity contribution in [3.63, 3.8) is 0 Å². The van der Waals surface area contributed by atoms with Crippen molar-refractivity contribution in [3.05, 3.63) is 53.7 Å². The monoisotopic (exact) mass is 412 g/mol. The van der Waals surface area contributed by atoms with Crippen molar-refractivity contribution >= 4 is 6.29 Å². The van der Waals surface area contributed by atoms with E-state index in [-0.39, 0.29) is 5.92 Å². The minimum atomic E-state index is -1.16. The van der Waals surface area contributed by atoms with Crippen LogP contribution in [0.15, 0.2) is 40.9 Å². The molecule has 1 aliphatic rings. The molecular weight excluding hydrogens is 376 g/mol. The SMILES string of the molecule is CN(CCCCCCCC=O)Cc1cnc(C(O)(c2ccccc2)C2CCCC2)o1. The molecule has 0 aliphatic heterocycles. The van der Waals surface area contributed by atoms with Gasteiger partial charge in [-0.25, -0.2) is 4.98 Å². The molecule has 1 aliphatic carbocycles. The van der Waals surface area contributed by atoms with Gasteiger partial charge in [0.15, 0.2) is 5.60 Å². The van der Waals surface area contributed by atoms with Gasteiger partial charge in [-0.2, -0.15) is 0 Å². The minimum Gasteiger partial charge on any atom is -0.441 e. The van der Waals surface area contributed by atoms with Crippen molar-refractivity contribution < 1.29 is 14.3 Å². The first-order valence-corrected chi connectivity index (χ1v) is 11.5. The molecule has 0 spiro atoms. The molecule has 0 saturated heterocycles. The summed E-state index contributed by atoms with van der Waals surface area (Å²) in [6.45, 7) is 1.68. The van der Waals surface area contributed by atoms with Crippen LogP contribution < -0.4 is 0 Å². The van der Waals surface area contributed by atoms with Crippen LogP contribution in [0.5, 0.6) is 0 Å². The van der Waals surface area contributed by atoms with Crippen molar-refractivity contribution in [3.8, 4) is 0 Å². The van der Waals surface area contributed by atoms with Crippen LogP contribution in [0, 0.1) is 5.92 Å². The van der Waals surface area contributed by atoms with Gasteiger partial charge in [-0.3, -0.25) is 4.90 Å². The van der Waals surface area contributed by atoms with Crippen LogP contribution in [0.25, 0.3) is 0 Å². The Labute approximate surface area is 180 Å². The van der Waals surface area contributed by atoms with Gasteiger partial charge in [0.25, 0.3) is 0 Å². The van der Waals surface area contributed by atoms with Crippen molar-refractivity contribution in [2.45, 2.75) is 76.4 Å². The first-order chi connectivity index (χ1) is 14.6. The molecule has 0 amide bonds. The summed E-state index contributed by atoms with van der Waals surface area (Å²) in [6, 6.07) is 9.85. The normalized spacial score (nSPS) is 16.8. The highest BCUT2D eigenvalue weighted by Gasteiger charge is 2.45. The van der Waals surface area contributed by atoms with Gasteiger partial charge in [0, 0.05) is 12.3 Å². The van der Waals surface area contributed by atoms with E-state index in [0.29, 0.717) is 18.9 Å². The molecule has 1 N–H and O–H groups in total. The van der Waals surface area contributed by atoms with E-state index in [1.165, 1.54) is 12.8 Å². The van der Waals surface area contributed by atoms with E-state index in [1.54, 1.807) is 6.20 Å². The van der Waals surface area contributed by atoms with Crippen LogP contribution in [0.4, 0.5) is 0 Å². The summed E-state index contributed by atoms with van der Waals surface area (Å²) in [6.07, 6.45) is 13.4. The van der Waals surface area contributed by atoms with Crippen LogP contribution in [-0.2, 0) is 16.9 Å². The van der Waals surface area contributed by atoms with Crippen LogP contribution in [0.3, 0.4) is 0 Å². The lowest BCUT2D eigenvalue weighted by molar-refractivity contribution is -0.107. The number of oxazole rings is 1. The van der Waals surface area contributed by atoms with Crippen molar-refractivity contribution in [1.29, 1.82) is 0 Å². The highest BCUT2D eigenvalue weighted by molar-refractivity contribution is 5.48. The van der Waals surface area contributed by atoms with Gasteiger partial charge < -0.3 is 14.3 Å². The van der Waals surface area contributed by atoms with Gasteiger partial charge in [0.05, 0.1) is 12.7 Å². The number of carbonyl (C=O) groups is 1. The molecule has 1 aromatic carbocycles. The van der Waals surface area contributed by atoms with Crippen molar-refractivity contribution in [1.82, 2.24) is 9.88 Å². The third kappa shape index (κ3) is 5.79. The molecule has 5 heteroatoms. The number of benzene rings is 1. The van der Waals surface area contributed by atoms with E-state index < -0.39 is 5.60 Å². The molecule has 164 valence electrons. The number of carbonyl (C=O) groups excluding carboxylic acids is 1. The Balaban J connectivity index is 1.57. The molecule has 1 heterocycles. The Morgan fingerprint density at radius 1 is 1.13 bits per heavy atom. The van der Waals surface area contributed by atoms with E-state index in [2.05, 4.69) is 16.9 Å². The van der Waals surface area contributed by atoms with E-state index in [9.17, 15) is 9.90 Å². The number of aliphatic hydroxyl groups is 1. The number of rotatable bonds is 13. The fourth-order valence-electron chi connectivity index (χ4n) is 4.61. The summed E-state index contributed by atoms with van der Waals surface area (Å²) in [5.41, 5.74) is -0.288. The summed E-state index contributed by atoms with van der Waals surface area (Å²) in [5.74, 6) is 1.37. The zero-order valence-corrected chi connectivity index (χ0v) is 18.3. The lowest BCUT2D eigenvalue weighted by Crippen LogP contribution is -2.35. The molecule has 1 saturated carbocycles. The average Bonchev–Trinajstić information content (AvgIpc) is 3.46. The Morgan fingerprint density at radius 2 is 1.83 bits per heavy atom. The average molecular weight is 413 g/mol. The Hall–Kier alpha value is -1.98. The quantitative estimate of drug-likeness (QED) is 0.367. The highest BCUT2D eigenvalue weighted by atomic mass is 16.4. The zero-order chi connectivity index (χ0) is 21.2. The topological polar surface area (TPSA) is 66.6 Å². The van der Waals surface area contributed by atoms with Crippen LogP contribution in [-0.4, -0.2) is 34.9 Å². The molecule has 1 fully saturated rings. The third-order valence-electron chi connectivity index (χ3n) is 6.33. The summed E-state index contributed by atoms with van der Waals surface area (Å²) in [4.78, 5) is 17.1. The second-order valence-electron chi connectivity index (χ2n) is 8.71. The molecule has 30 heavy (non-hydrogen) atoms. The first kappa shape index (κ1) is 22.7. The third-order valence-corrected chi connectivity index (χ3v) is 6.33. The number of aldehydes is 1. The number of nitrogens with zero attached hydrogens (tertiary/aromatic N) is 2. The predicted octanol–water partition coefficient (Wildman–Crippen LogP) is 5.07. The largest absolute Gasteiger partial charge is 0.441 e. The standard InChI is InChI=1S/C25H36N2O3/c1-27(17-11-4-2-3-5-12-18-28)20-23-19-26-24(30-23)25(29,22-15-9-10-16-22)21-13-7-6-8-14-21/h6-8,13-14,18-19,22,29H,2-5,9-12,15-17,20H2,1H3. The Kier molecular flexibility index (Phi) is 8.64. The van der Waals surface area contributed by atoms with E-state index in [1.807, 2.05) is 30.3 Å². The lowest BCUT2D eigenvalue weighted by Gasteiger charge is -2.31. The minimum absolute atomic E-state index is 0.142. The maximum atomic E-state index is 11.8. The van der Waals surface area contributed by atoms with Gasteiger partial charge in [0.1, 0.15) is 12.0 Å². The van der Waals surface area contributed by atoms with Crippen molar-refractivity contribution in [2.75, 3.05) is 13.6 Å². The number of aromatic nitrogens is 1. The van der Waals surface area contributed by atoms with E-state index in [4.69, 9.17) is 4.42 Å². The second-order valence-corrected chi connectivity index (χ2v) is 8.71. The molecule has 5 nitrogen and oxygen atoms in total. The fourth-order valence-corrected chi connectivity index (χ4v) is 4.61. The fraction of sp³-hybridized carbons (Fsp3) is 0.600. The lowest BCUT2D eigenvalue weighted by atomic mass is 9.80. The summed E-state index contributed by atoms with van der Waals surface area (Å²) in [7, 11) is 2.09. The zero-order valence-electron chi connectivity index (χ0n) is 18.3. The molecule has 1 unspecified atom stereocenters. The van der Waals surface area contributed by atoms with Gasteiger partial charge in [-0.05, 0) is 44.8 Å². The summed E-state index contributed by atoms with van der Waals surface area (Å²) < 4.78 is 6.12.